The Balaban J connectivity index is 1.96. The highest BCUT2D eigenvalue weighted by Gasteiger charge is 2.32. The SMILES string of the molecule is Cc1ccccc1C(NC(=O)NCC1(O)CCSC1)C(C)C. The molecule has 0 aliphatic carbocycles. The molecule has 5 heteroatoms. The predicted molar refractivity (Wildman–Crippen MR) is 92.2 cm³/mol. The standard InChI is InChI=1S/C17H26N2O2S/c1-12(2)15(14-7-5-4-6-13(14)3)19-16(20)18-10-17(21)8-9-22-11-17/h4-7,12,15,21H,8-11H2,1-3H3,(H2,18,19,20). The summed E-state index contributed by atoms with van der Waals surface area (Å²) < 4.78 is 0. The molecule has 0 bridgehead atoms. The molecule has 0 aromatic heterocycles. The van der Waals surface area contributed by atoms with E-state index in [-0.39, 0.29) is 18.0 Å². The van der Waals surface area contributed by atoms with Gasteiger partial charge in [0.25, 0.3) is 0 Å². The lowest BCUT2D eigenvalue weighted by Crippen LogP contribution is -2.47. The molecule has 1 heterocycles. The monoisotopic (exact) mass is 322 g/mol. The van der Waals surface area contributed by atoms with Gasteiger partial charge in [-0.2, -0.15) is 11.8 Å². The van der Waals surface area contributed by atoms with E-state index in [1.807, 2.05) is 12.1 Å². The summed E-state index contributed by atoms with van der Waals surface area (Å²) >= 11 is 1.73. The van der Waals surface area contributed by atoms with Crippen LogP contribution >= 0.6 is 11.8 Å². The van der Waals surface area contributed by atoms with Crippen molar-refractivity contribution in [1.82, 2.24) is 10.6 Å². The Morgan fingerprint density at radius 3 is 2.73 bits per heavy atom. The van der Waals surface area contributed by atoms with Gasteiger partial charge in [0.2, 0.25) is 0 Å². The predicted octanol–water partition coefficient (Wildman–Crippen LogP) is 2.86. The molecule has 0 radical (unpaired) electrons. The fourth-order valence-electron chi connectivity index (χ4n) is 2.71. The van der Waals surface area contributed by atoms with Gasteiger partial charge in [-0.3, -0.25) is 0 Å². The van der Waals surface area contributed by atoms with Crippen molar-refractivity contribution in [2.24, 2.45) is 5.92 Å². The number of carbonyl (C=O) groups is 1. The van der Waals surface area contributed by atoms with Crippen LogP contribution in [-0.2, 0) is 0 Å². The van der Waals surface area contributed by atoms with E-state index >= 15 is 0 Å². The lowest BCUT2D eigenvalue weighted by molar-refractivity contribution is 0.0698. The van der Waals surface area contributed by atoms with Gasteiger partial charge in [-0.15, -0.1) is 0 Å². The summed E-state index contributed by atoms with van der Waals surface area (Å²) in [7, 11) is 0. The van der Waals surface area contributed by atoms with Crippen LogP contribution in [0.15, 0.2) is 24.3 Å². The zero-order chi connectivity index (χ0) is 16.2. The van der Waals surface area contributed by atoms with Crippen molar-refractivity contribution in [2.45, 2.75) is 38.8 Å². The topological polar surface area (TPSA) is 61.4 Å². The molecule has 4 nitrogen and oxygen atoms in total. The number of urea groups is 1. The smallest absolute Gasteiger partial charge is 0.315 e. The molecule has 1 aromatic rings. The zero-order valence-corrected chi connectivity index (χ0v) is 14.4. The molecule has 2 unspecified atom stereocenters. The molecule has 1 aliphatic heterocycles. The number of aliphatic hydroxyl groups is 1. The number of benzene rings is 1. The summed E-state index contributed by atoms with van der Waals surface area (Å²) in [6.07, 6.45) is 0.739. The minimum atomic E-state index is -0.752. The normalized spacial score (nSPS) is 22.6. The number of thioether (sulfide) groups is 1. The molecule has 1 saturated heterocycles. The Morgan fingerprint density at radius 2 is 2.14 bits per heavy atom. The first-order chi connectivity index (χ1) is 10.4. The Hall–Kier alpha value is -1.20. The number of amides is 2. The number of hydrogen-bond donors (Lipinski definition) is 3. The number of aryl methyl sites for hydroxylation is 1. The number of rotatable bonds is 5. The van der Waals surface area contributed by atoms with Crippen LogP contribution in [0.4, 0.5) is 4.79 Å². The van der Waals surface area contributed by atoms with Gasteiger partial charge in [-0.25, -0.2) is 4.79 Å². The largest absolute Gasteiger partial charge is 0.387 e. The Bertz CT molecular complexity index is 513. The van der Waals surface area contributed by atoms with Crippen LogP contribution in [0.1, 0.15) is 37.4 Å². The van der Waals surface area contributed by atoms with E-state index in [0.29, 0.717) is 12.3 Å². The first-order valence-electron chi connectivity index (χ1n) is 7.81. The van der Waals surface area contributed by atoms with E-state index in [2.05, 4.69) is 43.5 Å². The number of hydrogen-bond acceptors (Lipinski definition) is 3. The summed E-state index contributed by atoms with van der Waals surface area (Å²) in [5.41, 5.74) is 1.56. The fourth-order valence-corrected chi connectivity index (χ4v) is 4.01. The molecule has 122 valence electrons. The van der Waals surface area contributed by atoms with Crippen molar-refractivity contribution in [2.75, 3.05) is 18.1 Å². The van der Waals surface area contributed by atoms with Crippen LogP contribution in [0.5, 0.6) is 0 Å². The Labute approximate surface area is 137 Å². The third kappa shape index (κ3) is 4.40. The van der Waals surface area contributed by atoms with Crippen molar-refractivity contribution in [3.05, 3.63) is 35.4 Å². The molecule has 2 atom stereocenters. The Kier molecular flexibility index (Phi) is 5.75. The molecular weight excluding hydrogens is 296 g/mol. The quantitative estimate of drug-likeness (QED) is 0.781. The number of nitrogens with one attached hydrogen (secondary N) is 2. The maximum atomic E-state index is 12.2. The molecule has 1 aliphatic rings. The summed E-state index contributed by atoms with van der Waals surface area (Å²) in [5, 5.41) is 16.2. The van der Waals surface area contributed by atoms with E-state index in [1.165, 1.54) is 5.56 Å². The molecule has 22 heavy (non-hydrogen) atoms. The lowest BCUT2D eigenvalue weighted by atomic mass is 9.93. The van der Waals surface area contributed by atoms with E-state index in [9.17, 15) is 9.90 Å². The van der Waals surface area contributed by atoms with E-state index in [4.69, 9.17) is 0 Å². The van der Waals surface area contributed by atoms with E-state index in [1.54, 1.807) is 11.8 Å². The lowest BCUT2D eigenvalue weighted by Gasteiger charge is -2.26. The second-order valence-electron chi connectivity index (χ2n) is 6.43. The van der Waals surface area contributed by atoms with Crippen molar-refractivity contribution < 1.29 is 9.90 Å². The highest BCUT2D eigenvalue weighted by Crippen LogP contribution is 2.27. The molecular formula is C17H26N2O2S. The van der Waals surface area contributed by atoms with Gasteiger partial charge >= 0.3 is 6.03 Å². The fraction of sp³-hybridized carbons (Fsp3) is 0.588. The van der Waals surface area contributed by atoms with Gasteiger partial charge in [-0.1, -0.05) is 38.1 Å². The average Bonchev–Trinajstić information content (AvgIpc) is 2.91. The maximum Gasteiger partial charge on any atom is 0.315 e. The van der Waals surface area contributed by atoms with Gasteiger partial charge in [-0.05, 0) is 36.1 Å². The Morgan fingerprint density at radius 1 is 1.41 bits per heavy atom. The van der Waals surface area contributed by atoms with Crippen molar-refractivity contribution in [3.8, 4) is 0 Å². The second kappa shape index (κ2) is 7.38. The molecule has 0 spiro atoms. The molecule has 2 amide bonds. The highest BCUT2D eigenvalue weighted by molar-refractivity contribution is 7.99. The molecule has 1 fully saturated rings. The molecule has 3 N–H and O–H groups in total. The minimum Gasteiger partial charge on any atom is -0.387 e. The van der Waals surface area contributed by atoms with Crippen LogP contribution in [0, 0.1) is 12.8 Å². The van der Waals surface area contributed by atoms with Crippen LogP contribution in [-0.4, -0.2) is 34.8 Å². The van der Waals surface area contributed by atoms with E-state index in [0.717, 1.165) is 17.7 Å². The number of carbonyl (C=O) groups excluding carboxylic acids is 1. The van der Waals surface area contributed by atoms with Crippen LogP contribution in [0.3, 0.4) is 0 Å². The van der Waals surface area contributed by atoms with Crippen molar-refractivity contribution in [1.29, 1.82) is 0 Å². The van der Waals surface area contributed by atoms with Crippen molar-refractivity contribution in [3.63, 3.8) is 0 Å². The molecule has 2 rings (SSSR count). The third-order valence-corrected chi connectivity index (χ3v) is 5.37. The van der Waals surface area contributed by atoms with Gasteiger partial charge in [0.1, 0.15) is 0 Å². The van der Waals surface area contributed by atoms with Crippen LogP contribution in [0.2, 0.25) is 0 Å². The van der Waals surface area contributed by atoms with Crippen molar-refractivity contribution >= 4 is 17.8 Å². The third-order valence-electron chi connectivity index (χ3n) is 4.14. The maximum absolute atomic E-state index is 12.2. The average molecular weight is 322 g/mol. The van der Waals surface area contributed by atoms with Crippen LogP contribution < -0.4 is 10.6 Å². The second-order valence-corrected chi connectivity index (χ2v) is 7.54. The summed E-state index contributed by atoms with van der Waals surface area (Å²) in [5.74, 6) is 1.94. The van der Waals surface area contributed by atoms with Gasteiger partial charge in [0, 0.05) is 12.3 Å². The summed E-state index contributed by atoms with van der Waals surface area (Å²) in [6, 6.07) is 7.87. The minimum absolute atomic E-state index is 0.0335. The van der Waals surface area contributed by atoms with E-state index < -0.39 is 5.60 Å². The first kappa shape index (κ1) is 17.2. The highest BCUT2D eigenvalue weighted by atomic mass is 32.2. The summed E-state index contributed by atoms with van der Waals surface area (Å²) in [6.45, 7) is 6.56. The van der Waals surface area contributed by atoms with Crippen LogP contribution in [0.25, 0.3) is 0 Å². The zero-order valence-electron chi connectivity index (χ0n) is 13.6. The summed E-state index contributed by atoms with van der Waals surface area (Å²) in [4.78, 5) is 12.2. The van der Waals surface area contributed by atoms with Gasteiger partial charge < -0.3 is 15.7 Å². The first-order valence-corrected chi connectivity index (χ1v) is 8.97. The molecule has 0 saturated carbocycles. The molecule has 1 aromatic carbocycles. The van der Waals surface area contributed by atoms with Gasteiger partial charge in [0.15, 0.2) is 0 Å². The van der Waals surface area contributed by atoms with Gasteiger partial charge in [0.05, 0.1) is 11.6 Å².